The van der Waals surface area contributed by atoms with E-state index in [1.165, 1.54) is 11.1 Å². The summed E-state index contributed by atoms with van der Waals surface area (Å²) >= 11 is 5.85. The summed E-state index contributed by atoms with van der Waals surface area (Å²) in [5, 5.41) is 2.84. The van der Waals surface area contributed by atoms with Crippen molar-refractivity contribution in [2.75, 3.05) is 33.9 Å². The first-order chi connectivity index (χ1) is 9.56. The Balaban J connectivity index is 2.46. The van der Waals surface area contributed by atoms with Gasteiger partial charge in [-0.2, -0.15) is 0 Å². The molecule has 0 spiro atoms. The SMILES string of the molecule is COCCCNC(=O)CN(C)C(=O)c1cccnc1Cl. The van der Waals surface area contributed by atoms with E-state index in [0.717, 1.165) is 6.42 Å². The molecule has 0 unspecified atom stereocenters. The number of hydrogen-bond acceptors (Lipinski definition) is 4. The molecular formula is C13H18ClN3O3. The van der Waals surface area contributed by atoms with Crippen molar-refractivity contribution >= 4 is 23.4 Å². The molecule has 6 nitrogen and oxygen atoms in total. The van der Waals surface area contributed by atoms with Gasteiger partial charge in [0.15, 0.2) is 0 Å². The lowest BCUT2D eigenvalue weighted by Gasteiger charge is -2.17. The van der Waals surface area contributed by atoms with E-state index >= 15 is 0 Å². The molecule has 0 saturated heterocycles. The summed E-state index contributed by atoms with van der Waals surface area (Å²) in [7, 11) is 3.15. The predicted octanol–water partition coefficient (Wildman–Crippen LogP) is 0.960. The fourth-order valence-electron chi connectivity index (χ4n) is 1.54. The van der Waals surface area contributed by atoms with Crippen LogP contribution in [0.25, 0.3) is 0 Å². The molecule has 0 aliphatic rings. The number of likely N-dealkylation sites (N-methyl/N-ethyl adjacent to an activating group) is 1. The number of halogens is 1. The number of carbonyl (C=O) groups excluding carboxylic acids is 2. The molecule has 0 aromatic carbocycles. The lowest BCUT2D eigenvalue weighted by Crippen LogP contribution is -2.39. The van der Waals surface area contributed by atoms with Crippen molar-refractivity contribution in [2.45, 2.75) is 6.42 Å². The van der Waals surface area contributed by atoms with Gasteiger partial charge < -0.3 is 15.0 Å². The van der Waals surface area contributed by atoms with Crippen LogP contribution in [0.4, 0.5) is 0 Å². The molecule has 0 bridgehead atoms. The molecular weight excluding hydrogens is 282 g/mol. The summed E-state index contributed by atoms with van der Waals surface area (Å²) in [6.45, 7) is 1.07. The molecule has 0 aliphatic heterocycles. The average molecular weight is 300 g/mol. The van der Waals surface area contributed by atoms with Gasteiger partial charge in [-0.1, -0.05) is 11.6 Å². The van der Waals surface area contributed by atoms with Crippen LogP contribution >= 0.6 is 11.6 Å². The number of nitrogens with zero attached hydrogens (tertiary/aromatic N) is 2. The molecule has 2 amide bonds. The van der Waals surface area contributed by atoms with Crippen LogP contribution in [0.5, 0.6) is 0 Å². The molecule has 110 valence electrons. The Labute approximate surface area is 123 Å². The number of pyridine rings is 1. The minimum atomic E-state index is -0.338. The Kier molecular flexibility index (Phi) is 6.97. The quantitative estimate of drug-likeness (QED) is 0.601. The number of methoxy groups -OCH3 is 1. The number of rotatable bonds is 7. The van der Waals surface area contributed by atoms with Crippen LogP contribution in [-0.2, 0) is 9.53 Å². The third kappa shape index (κ3) is 5.14. The normalized spacial score (nSPS) is 10.2. The molecule has 0 radical (unpaired) electrons. The van der Waals surface area contributed by atoms with Crippen LogP contribution in [0.1, 0.15) is 16.8 Å². The standard InChI is InChI=1S/C13H18ClN3O3/c1-17(9-11(18)15-7-4-8-20-2)13(19)10-5-3-6-16-12(10)14/h3,5-6H,4,7-9H2,1-2H3,(H,15,18). The molecule has 0 saturated carbocycles. The number of ether oxygens (including phenoxy) is 1. The first-order valence-corrected chi connectivity index (χ1v) is 6.55. The van der Waals surface area contributed by atoms with Gasteiger partial charge >= 0.3 is 0 Å². The van der Waals surface area contributed by atoms with Crippen LogP contribution < -0.4 is 5.32 Å². The third-order valence-electron chi connectivity index (χ3n) is 2.56. The summed E-state index contributed by atoms with van der Waals surface area (Å²) < 4.78 is 4.88. The zero-order valence-electron chi connectivity index (χ0n) is 11.6. The van der Waals surface area contributed by atoms with Crippen molar-refractivity contribution in [3.63, 3.8) is 0 Å². The lowest BCUT2D eigenvalue weighted by molar-refractivity contribution is -0.121. The molecule has 7 heteroatoms. The van der Waals surface area contributed by atoms with E-state index in [4.69, 9.17) is 16.3 Å². The van der Waals surface area contributed by atoms with E-state index in [-0.39, 0.29) is 29.1 Å². The van der Waals surface area contributed by atoms with Crippen LogP contribution in [-0.4, -0.2) is 55.6 Å². The minimum absolute atomic E-state index is 0.0307. The fraction of sp³-hybridized carbons (Fsp3) is 0.462. The molecule has 1 N–H and O–H groups in total. The zero-order valence-corrected chi connectivity index (χ0v) is 12.3. The van der Waals surface area contributed by atoms with Gasteiger partial charge in [0, 0.05) is 33.5 Å². The number of carbonyl (C=O) groups is 2. The number of hydrogen-bond donors (Lipinski definition) is 1. The van der Waals surface area contributed by atoms with Crippen molar-refractivity contribution in [3.8, 4) is 0 Å². The Hall–Kier alpha value is -1.66. The number of nitrogens with one attached hydrogen (secondary N) is 1. The molecule has 0 atom stereocenters. The summed E-state index contributed by atoms with van der Waals surface area (Å²) in [4.78, 5) is 28.9. The molecule has 1 aromatic heterocycles. The third-order valence-corrected chi connectivity index (χ3v) is 2.87. The Morgan fingerprint density at radius 2 is 2.25 bits per heavy atom. The number of aromatic nitrogens is 1. The number of amides is 2. The smallest absolute Gasteiger partial charge is 0.257 e. The largest absolute Gasteiger partial charge is 0.385 e. The molecule has 1 rings (SSSR count). The highest BCUT2D eigenvalue weighted by atomic mass is 35.5. The molecule has 0 aliphatic carbocycles. The fourth-order valence-corrected chi connectivity index (χ4v) is 1.74. The molecule has 0 fully saturated rings. The van der Waals surface area contributed by atoms with Gasteiger partial charge in [0.1, 0.15) is 5.15 Å². The van der Waals surface area contributed by atoms with E-state index in [1.54, 1.807) is 26.3 Å². The van der Waals surface area contributed by atoms with E-state index in [1.807, 2.05) is 0 Å². The minimum Gasteiger partial charge on any atom is -0.385 e. The second-order valence-electron chi connectivity index (χ2n) is 4.20. The second-order valence-corrected chi connectivity index (χ2v) is 4.56. The summed E-state index contributed by atoms with van der Waals surface area (Å²) in [6, 6.07) is 3.20. The monoisotopic (exact) mass is 299 g/mol. The average Bonchev–Trinajstić information content (AvgIpc) is 2.43. The van der Waals surface area contributed by atoms with Crippen molar-refractivity contribution in [2.24, 2.45) is 0 Å². The van der Waals surface area contributed by atoms with Gasteiger partial charge in [-0.15, -0.1) is 0 Å². The van der Waals surface area contributed by atoms with Crippen molar-refractivity contribution in [1.29, 1.82) is 0 Å². The summed E-state index contributed by atoms with van der Waals surface area (Å²) in [5.41, 5.74) is 0.281. The van der Waals surface area contributed by atoms with E-state index in [0.29, 0.717) is 13.2 Å². The van der Waals surface area contributed by atoms with Gasteiger partial charge in [-0.3, -0.25) is 9.59 Å². The first-order valence-electron chi connectivity index (χ1n) is 6.18. The topological polar surface area (TPSA) is 71.5 Å². The molecule has 1 heterocycles. The van der Waals surface area contributed by atoms with E-state index in [2.05, 4.69) is 10.3 Å². The highest BCUT2D eigenvalue weighted by molar-refractivity contribution is 6.32. The zero-order chi connectivity index (χ0) is 15.0. The Bertz CT molecular complexity index is 468. The van der Waals surface area contributed by atoms with Gasteiger partial charge in [0.2, 0.25) is 5.91 Å². The Morgan fingerprint density at radius 3 is 2.90 bits per heavy atom. The molecule has 1 aromatic rings. The van der Waals surface area contributed by atoms with Gasteiger partial charge in [0.05, 0.1) is 12.1 Å². The lowest BCUT2D eigenvalue weighted by atomic mass is 10.2. The van der Waals surface area contributed by atoms with Crippen LogP contribution in [0, 0.1) is 0 Å². The van der Waals surface area contributed by atoms with Gasteiger partial charge in [-0.05, 0) is 18.6 Å². The second kappa shape index (κ2) is 8.50. The predicted molar refractivity (Wildman–Crippen MR) is 75.7 cm³/mol. The van der Waals surface area contributed by atoms with Crippen molar-refractivity contribution < 1.29 is 14.3 Å². The maximum Gasteiger partial charge on any atom is 0.257 e. The van der Waals surface area contributed by atoms with Gasteiger partial charge in [-0.25, -0.2) is 4.98 Å². The highest BCUT2D eigenvalue weighted by Crippen LogP contribution is 2.13. The first kappa shape index (κ1) is 16.4. The van der Waals surface area contributed by atoms with Crippen LogP contribution in [0.2, 0.25) is 5.15 Å². The van der Waals surface area contributed by atoms with Gasteiger partial charge in [0.25, 0.3) is 5.91 Å². The highest BCUT2D eigenvalue weighted by Gasteiger charge is 2.17. The summed E-state index contributed by atoms with van der Waals surface area (Å²) in [5.74, 6) is -0.563. The maximum atomic E-state index is 12.1. The van der Waals surface area contributed by atoms with Crippen molar-refractivity contribution in [1.82, 2.24) is 15.2 Å². The van der Waals surface area contributed by atoms with E-state index < -0.39 is 0 Å². The maximum absolute atomic E-state index is 12.1. The Morgan fingerprint density at radius 1 is 1.50 bits per heavy atom. The summed E-state index contributed by atoms with van der Waals surface area (Å²) in [6.07, 6.45) is 2.23. The van der Waals surface area contributed by atoms with Crippen LogP contribution in [0.3, 0.4) is 0 Å². The van der Waals surface area contributed by atoms with Crippen molar-refractivity contribution in [3.05, 3.63) is 29.0 Å². The van der Waals surface area contributed by atoms with Crippen LogP contribution in [0.15, 0.2) is 18.3 Å². The molecule has 20 heavy (non-hydrogen) atoms. The van der Waals surface area contributed by atoms with E-state index in [9.17, 15) is 9.59 Å².